The van der Waals surface area contributed by atoms with Crippen molar-refractivity contribution in [3.05, 3.63) is 0 Å². The Balaban J connectivity index is 1.37. The molecule has 224 valence electrons. The molecule has 3 saturated heterocycles. The Kier molecular flexibility index (Phi) is 9.16. The molecule has 0 spiro atoms. The highest BCUT2D eigenvalue weighted by Crippen LogP contribution is 2.45. The molecule has 3 heterocycles. The van der Waals surface area contributed by atoms with Gasteiger partial charge in [0.2, 0.25) is 0 Å². The van der Waals surface area contributed by atoms with Gasteiger partial charge in [-0.2, -0.15) is 0 Å². The van der Waals surface area contributed by atoms with E-state index in [-0.39, 0.29) is 24.4 Å². The fourth-order valence-corrected chi connectivity index (χ4v) is 6.41. The summed E-state index contributed by atoms with van der Waals surface area (Å²) in [5.41, 5.74) is 0. The Morgan fingerprint density at radius 2 is 1.64 bits per heavy atom. The summed E-state index contributed by atoms with van der Waals surface area (Å²) in [6.07, 6.45) is -10.3. The minimum absolute atomic E-state index is 0.0179. The molecule has 5 fully saturated rings. The van der Waals surface area contributed by atoms with Crippen molar-refractivity contribution in [1.82, 2.24) is 0 Å². The predicted molar refractivity (Wildman–Crippen MR) is 129 cm³/mol. The van der Waals surface area contributed by atoms with Gasteiger partial charge in [-0.05, 0) is 44.4 Å². The number of rotatable bonds is 7. The van der Waals surface area contributed by atoms with E-state index in [9.17, 15) is 35.4 Å². The first-order valence-electron chi connectivity index (χ1n) is 14.1. The standard InChI is InChI=1S/C26H42O13/c1-3-11-5-4-6-13(21(11)39-25-20(31)19(30)17(28)10(2)34-25)37-26-23-22(18(29)16(9-27)38-26)36-15(24(32)33)8-12-7-14(12)35-23/h10-23,25-31H,3-9H2,1-2H3,(H,32,33)/t10?,11-,12?,13-,14?,15-,16?,17-,18+,19?,20+,21?,22?,23?,25+,26-/m1/s1. The number of carbonyl (C=O) groups is 1. The van der Waals surface area contributed by atoms with Crippen LogP contribution < -0.4 is 0 Å². The largest absolute Gasteiger partial charge is 0.479 e. The zero-order chi connectivity index (χ0) is 28.0. The summed E-state index contributed by atoms with van der Waals surface area (Å²) in [5.74, 6) is -1.09. The molecule has 0 amide bonds. The van der Waals surface area contributed by atoms with Crippen LogP contribution in [0.1, 0.15) is 52.4 Å². The summed E-state index contributed by atoms with van der Waals surface area (Å²) < 4.78 is 36.5. The molecule has 39 heavy (non-hydrogen) atoms. The zero-order valence-corrected chi connectivity index (χ0v) is 22.2. The third-order valence-electron chi connectivity index (χ3n) is 8.93. The van der Waals surface area contributed by atoms with Crippen LogP contribution in [0.2, 0.25) is 0 Å². The fraction of sp³-hybridized carbons (Fsp3) is 0.962. The number of carboxylic acid groups (broad SMARTS) is 1. The Labute approximate surface area is 226 Å². The van der Waals surface area contributed by atoms with E-state index >= 15 is 0 Å². The van der Waals surface area contributed by atoms with Crippen LogP contribution in [-0.2, 0) is 33.2 Å². The van der Waals surface area contributed by atoms with Crippen LogP contribution in [0.25, 0.3) is 0 Å². The number of hydrogen-bond acceptors (Lipinski definition) is 12. The van der Waals surface area contributed by atoms with E-state index in [1.54, 1.807) is 6.92 Å². The van der Waals surface area contributed by atoms with Crippen molar-refractivity contribution in [3.8, 4) is 0 Å². The first-order valence-corrected chi connectivity index (χ1v) is 14.1. The molecule has 13 nitrogen and oxygen atoms in total. The summed E-state index contributed by atoms with van der Waals surface area (Å²) in [5, 5.41) is 61.4. The van der Waals surface area contributed by atoms with Gasteiger partial charge in [0.15, 0.2) is 18.7 Å². The summed E-state index contributed by atoms with van der Waals surface area (Å²) in [6.45, 7) is 3.05. The minimum atomic E-state index is -1.47. The zero-order valence-electron chi connectivity index (χ0n) is 22.2. The van der Waals surface area contributed by atoms with Crippen molar-refractivity contribution in [2.75, 3.05) is 6.61 Å². The number of aliphatic hydroxyl groups is 5. The van der Waals surface area contributed by atoms with Crippen LogP contribution in [0.3, 0.4) is 0 Å². The van der Waals surface area contributed by atoms with Crippen molar-refractivity contribution in [3.63, 3.8) is 0 Å². The number of aliphatic hydroxyl groups excluding tert-OH is 5. The molecule has 5 aliphatic rings. The van der Waals surface area contributed by atoms with Gasteiger partial charge in [-0.1, -0.05) is 19.8 Å². The first kappa shape index (κ1) is 29.5. The van der Waals surface area contributed by atoms with Crippen LogP contribution in [-0.4, -0.2) is 129 Å². The molecule has 0 aromatic carbocycles. The van der Waals surface area contributed by atoms with E-state index in [4.69, 9.17) is 28.4 Å². The Morgan fingerprint density at radius 1 is 0.872 bits per heavy atom. The van der Waals surface area contributed by atoms with E-state index in [0.717, 1.165) is 19.3 Å². The van der Waals surface area contributed by atoms with Gasteiger partial charge in [-0.25, -0.2) is 4.79 Å². The van der Waals surface area contributed by atoms with E-state index in [1.165, 1.54) is 0 Å². The second-order valence-corrected chi connectivity index (χ2v) is 11.6. The Hall–Kier alpha value is -0.970. The SMILES string of the molecule is CC[C@@H]1CCC[C@@H](O[C@@H]2OC(CO)[C@H](O)C3O[C@@H](C(=O)O)CC4CC4OC32)C1O[C@@H]1OC(C)[C@@H](O)C(O)[C@@H]1O. The van der Waals surface area contributed by atoms with Crippen molar-refractivity contribution in [2.45, 2.75) is 138 Å². The van der Waals surface area contributed by atoms with Gasteiger partial charge in [0.05, 0.1) is 31.0 Å². The summed E-state index contributed by atoms with van der Waals surface area (Å²) in [6, 6.07) is 0. The predicted octanol–water partition coefficient (Wildman–Crippen LogP) is -1.11. The maximum Gasteiger partial charge on any atom is 0.332 e. The van der Waals surface area contributed by atoms with Crippen molar-refractivity contribution >= 4 is 5.97 Å². The molecule has 6 N–H and O–H groups in total. The third-order valence-corrected chi connectivity index (χ3v) is 8.93. The average molecular weight is 563 g/mol. The van der Waals surface area contributed by atoms with Gasteiger partial charge in [0, 0.05) is 0 Å². The van der Waals surface area contributed by atoms with Gasteiger partial charge in [0.1, 0.15) is 42.7 Å². The monoisotopic (exact) mass is 562 g/mol. The van der Waals surface area contributed by atoms with Crippen LogP contribution in [0, 0.1) is 11.8 Å². The molecule has 5 rings (SSSR count). The molecular formula is C26H42O13. The maximum absolute atomic E-state index is 11.9. The lowest BCUT2D eigenvalue weighted by Gasteiger charge is -2.48. The molecule has 0 radical (unpaired) electrons. The molecule has 13 heteroatoms. The second-order valence-electron chi connectivity index (χ2n) is 11.6. The summed E-state index contributed by atoms with van der Waals surface area (Å²) in [4.78, 5) is 11.9. The van der Waals surface area contributed by atoms with E-state index in [2.05, 4.69) is 0 Å². The molecular weight excluding hydrogens is 520 g/mol. The number of ether oxygens (including phenoxy) is 6. The molecule has 0 bridgehead atoms. The molecule has 0 aromatic heterocycles. The topological polar surface area (TPSA) is 194 Å². The van der Waals surface area contributed by atoms with Crippen molar-refractivity contribution in [1.29, 1.82) is 0 Å². The normalized spacial score (nSPS) is 52.2. The quantitative estimate of drug-likeness (QED) is 0.219. The molecule has 2 aliphatic carbocycles. The number of hydrogen-bond donors (Lipinski definition) is 6. The molecule has 0 aromatic rings. The van der Waals surface area contributed by atoms with E-state index < -0.39 is 92.3 Å². The average Bonchev–Trinajstić information content (AvgIpc) is 3.63. The van der Waals surface area contributed by atoms with Gasteiger partial charge in [-0.15, -0.1) is 0 Å². The van der Waals surface area contributed by atoms with Crippen LogP contribution in [0.15, 0.2) is 0 Å². The summed E-state index contributed by atoms with van der Waals surface area (Å²) in [7, 11) is 0. The maximum atomic E-state index is 11.9. The smallest absolute Gasteiger partial charge is 0.332 e. The lowest BCUT2D eigenvalue weighted by Crippen LogP contribution is -2.64. The van der Waals surface area contributed by atoms with Gasteiger partial charge in [-0.3, -0.25) is 0 Å². The molecule has 8 unspecified atom stereocenters. The molecule has 3 aliphatic heterocycles. The molecule has 16 atom stereocenters. The Bertz CT molecular complexity index is 845. The fourth-order valence-electron chi connectivity index (χ4n) is 6.41. The first-order chi connectivity index (χ1) is 18.6. The van der Waals surface area contributed by atoms with Gasteiger partial charge >= 0.3 is 5.97 Å². The van der Waals surface area contributed by atoms with Crippen LogP contribution in [0.5, 0.6) is 0 Å². The van der Waals surface area contributed by atoms with E-state index in [0.29, 0.717) is 12.8 Å². The molecule has 2 saturated carbocycles. The highest BCUT2D eigenvalue weighted by molar-refractivity contribution is 5.72. The van der Waals surface area contributed by atoms with Gasteiger partial charge in [0.25, 0.3) is 0 Å². The van der Waals surface area contributed by atoms with Crippen LogP contribution in [0.4, 0.5) is 0 Å². The van der Waals surface area contributed by atoms with Gasteiger partial charge < -0.3 is 59.1 Å². The van der Waals surface area contributed by atoms with Crippen molar-refractivity contribution in [2.24, 2.45) is 11.8 Å². The summed E-state index contributed by atoms with van der Waals surface area (Å²) >= 11 is 0. The number of aliphatic carboxylic acids is 1. The van der Waals surface area contributed by atoms with E-state index in [1.807, 2.05) is 6.92 Å². The minimum Gasteiger partial charge on any atom is -0.479 e. The highest BCUT2D eigenvalue weighted by atomic mass is 16.7. The lowest BCUT2D eigenvalue weighted by atomic mass is 9.82. The second kappa shape index (κ2) is 12.1. The highest BCUT2D eigenvalue weighted by Gasteiger charge is 2.56. The number of fused-ring (bicyclic) bond motifs is 2. The lowest BCUT2D eigenvalue weighted by molar-refractivity contribution is -0.356. The van der Waals surface area contributed by atoms with Crippen LogP contribution >= 0.6 is 0 Å². The number of carboxylic acids is 1. The Morgan fingerprint density at radius 3 is 2.33 bits per heavy atom. The van der Waals surface area contributed by atoms with Crippen molar-refractivity contribution < 1.29 is 63.9 Å². The third kappa shape index (κ3) is 6.00.